The van der Waals surface area contributed by atoms with E-state index in [1.807, 2.05) is 0 Å². The van der Waals surface area contributed by atoms with E-state index in [4.69, 9.17) is 16.3 Å². The van der Waals surface area contributed by atoms with E-state index in [1.165, 1.54) is 28.6 Å². The molecule has 0 atom stereocenters. The number of benzene rings is 2. The Labute approximate surface area is 187 Å². The first-order valence-electron chi connectivity index (χ1n) is 10.1. The lowest BCUT2D eigenvalue weighted by atomic mass is 10.0. The number of sulfonamides is 1. The molecule has 3 rings (SSSR count). The molecule has 9 heteroatoms. The van der Waals surface area contributed by atoms with Gasteiger partial charge < -0.3 is 10.1 Å². The van der Waals surface area contributed by atoms with Gasteiger partial charge in [0.2, 0.25) is 10.0 Å². The molecule has 31 heavy (non-hydrogen) atoms. The first-order chi connectivity index (χ1) is 14.7. The Balaban J connectivity index is 1.83. The van der Waals surface area contributed by atoms with Crippen LogP contribution in [0.5, 0.6) is 0 Å². The van der Waals surface area contributed by atoms with Gasteiger partial charge in [0.05, 0.1) is 27.7 Å². The van der Waals surface area contributed by atoms with E-state index in [9.17, 15) is 18.0 Å². The van der Waals surface area contributed by atoms with Gasteiger partial charge in [-0.3, -0.25) is 4.79 Å². The van der Waals surface area contributed by atoms with E-state index in [2.05, 4.69) is 12.2 Å². The summed E-state index contributed by atoms with van der Waals surface area (Å²) in [4.78, 5) is 24.7. The fourth-order valence-corrected chi connectivity index (χ4v) is 5.05. The molecule has 1 aliphatic rings. The molecule has 1 heterocycles. The molecular formula is C22H25ClN2O5S. The molecule has 0 radical (unpaired) electrons. The maximum Gasteiger partial charge on any atom is 0.338 e. The number of ether oxygens (including phenoxy) is 1. The summed E-state index contributed by atoms with van der Waals surface area (Å²) in [6, 6.07) is 10.4. The number of hydrogen-bond acceptors (Lipinski definition) is 5. The highest BCUT2D eigenvalue weighted by Crippen LogP contribution is 2.27. The third kappa shape index (κ3) is 5.44. The van der Waals surface area contributed by atoms with E-state index in [1.54, 1.807) is 25.1 Å². The molecule has 1 fully saturated rings. The van der Waals surface area contributed by atoms with Gasteiger partial charge in [-0.2, -0.15) is 4.31 Å². The zero-order valence-electron chi connectivity index (χ0n) is 17.4. The lowest BCUT2D eigenvalue weighted by Crippen LogP contribution is -2.37. The van der Waals surface area contributed by atoms with E-state index >= 15 is 0 Å². The summed E-state index contributed by atoms with van der Waals surface area (Å²) < 4.78 is 32.4. The second-order valence-electron chi connectivity index (χ2n) is 7.48. The highest BCUT2D eigenvalue weighted by Gasteiger charge is 2.29. The number of piperidine rings is 1. The van der Waals surface area contributed by atoms with Gasteiger partial charge in [0.15, 0.2) is 0 Å². The van der Waals surface area contributed by atoms with Crippen molar-refractivity contribution >= 4 is 39.2 Å². The molecule has 166 valence electrons. The maximum atomic E-state index is 13.0. The molecule has 0 spiro atoms. The summed E-state index contributed by atoms with van der Waals surface area (Å²) in [5.74, 6) is -0.584. The number of amides is 1. The van der Waals surface area contributed by atoms with Crippen molar-refractivity contribution in [1.29, 1.82) is 0 Å². The van der Waals surface area contributed by atoms with Gasteiger partial charge in [-0.25, -0.2) is 13.2 Å². The molecule has 1 N–H and O–H groups in total. The molecule has 2 aromatic rings. The van der Waals surface area contributed by atoms with Crippen molar-refractivity contribution in [1.82, 2.24) is 4.31 Å². The maximum absolute atomic E-state index is 13.0. The summed E-state index contributed by atoms with van der Waals surface area (Å²) in [6.45, 7) is 4.95. The van der Waals surface area contributed by atoms with Gasteiger partial charge in [0.25, 0.3) is 5.91 Å². The van der Waals surface area contributed by atoms with Gasteiger partial charge in [-0.1, -0.05) is 24.6 Å². The SMILES string of the molecule is CCOC(=O)c1cccc(NC(=O)c2cc(S(=O)(=O)N3CCC(C)CC3)ccc2Cl)c1. The first-order valence-corrected chi connectivity index (χ1v) is 11.9. The first kappa shape index (κ1) is 23.2. The van der Waals surface area contributed by atoms with Crippen LogP contribution in [-0.2, 0) is 14.8 Å². The average molecular weight is 465 g/mol. The molecule has 2 aromatic carbocycles. The largest absolute Gasteiger partial charge is 0.462 e. The lowest BCUT2D eigenvalue weighted by Gasteiger charge is -2.29. The third-order valence-electron chi connectivity index (χ3n) is 5.19. The molecule has 0 aliphatic carbocycles. The van der Waals surface area contributed by atoms with Crippen molar-refractivity contribution in [2.75, 3.05) is 25.0 Å². The number of nitrogens with zero attached hydrogens (tertiary/aromatic N) is 1. The molecule has 0 aromatic heterocycles. The predicted molar refractivity (Wildman–Crippen MR) is 119 cm³/mol. The standard InChI is InChI=1S/C22H25ClN2O5S/c1-3-30-22(27)16-5-4-6-17(13-16)24-21(26)19-14-18(7-8-20(19)23)31(28,29)25-11-9-15(2)10-12-25/h4-8,13-15H,3,9-12H2,1-2H3,(H,24,26). The molecular weight excluding hydrogens is 440 g/mol. The molecule has 1 aliphatic heterocycles. The van der Waals surface area contributed by atoms with Crippen molar-refractivity contribution < 1.29 is 22.7 Å². The molecule has 0 bridgehead atoms. The number of anilines is 1. The summed E-state index contributed by atoms with van der Waals surface area (Å²) >= 11 is 6.19. The van der Waals surface area contributed by atoms with E-state index < -0.39 is 21.9 Å². The van der Waals surface area contributed by atoms with Crippen molar-refractivity contribution in [3.05, 3.63) is 58.6 Å². The zero-order valence-corrected chi connectivity index (χ0v) is 19.0. The fourth-order valence-electron chi connectivity index (χ4n) is 3.35. The van der Waals surface area contributed by atoms with Crippen LogP contribution < -0.4 is 5.32 Å². The van der Waals surface area contributed by atoms with Crippen LogP contribution in [0.2, 0.25) is 5.02 Å². The molecule has 0 unspecified atom stereocenters. The van der Waals surface area contributed by atoms with Crippen LogP contribution >= 0.6 is 11.6 Å². The van der Waals surface area contributed by atoms with Gasteiger partial charge >= 0.3 is 5.97 Å². The highest BCUT2D eigenvalue weighted by molar-refractivity contribution is 7.89. The minimum absolute atomic E-state index is 0.0249. The van der Waals surface area contributed by atoms with Crippen molar-refractivity contribution in [3.8, 4) is 0 Å². The number of rotatable bonds is 6. The van der Waals surface area contributed by atoms with Crippen LogP contribution in [0.3, 0.4) is 0 Å². The van der Waals surface area contributed by atoms with Gasteiger partial charge in [-0.15, -0.1) is 0 Å². The smallest absolute Gasteiger partial charge is 0.338 e. The topological polar surface area (TPSA) is 92.8 Å². The third-order valence-corrected chi connectivity index (χ3v) is 7.42. The van der Waals surface area contributed by atoms with Crippen LogP contribution in [-0.4, -0.2) is 44.3 Å². The highest BCUT2D eigenvalue weighted by atomic mass is 35.5. The number of hydrogen-bond donors (Lipinski definition) is 1. The summed E-state index contributed by atoms with van der Waals surface area (Å²) in [5.41, 5.74) is 0.695. The number of halogens is 1. The number of nitrogens with one attached hydrogen (secondary N) is 1. The van der Waals surface area contributed by atoms with Crippen LogP contribution in [0.15, 0.2) is 47.4 Å². The molecule has 1 amide bonds. The average Bonchev–Trinajstić information content (AvgIpc) is 2.74. The summed E-state index contributed by atoms with van der Waals surface area (Å²) in [6.07, 6.45) is 1.61. The Morgan fingerprint density at radius 1 is 1.16 bits per heavy atom. The Kier molecular flexibility index (Phi) is 7.35. The monoisotopic (exact) mass is 464 g/mol. The van der Waals surface area contributed by atoms with Crippen LogP contribution in [0, 0.1) is 5.92 Å². The van der Waals surface area contributed by atoms with Crippen LogP contribution in [0.25, 0.3) is 0 Å². The summed E-state index contributed by atoms with van der Waals surface area (Å²) in [5, 5.41) is 2.79. The molecule has 1 saturated heterocycles. The minimum Gasteiger partial charge on any atom is -0.462 e. The van der Waals surface area contributed by atoms with Crippen LogP contribution in [0.1, 0.15) is 47.4 Å². The van der Waals surface area contributed by atoms with E-state index in [0.717, 1.165) is 12.8 Å². The number of carbonyl (C=O) groups excluding carboxylic acids is 2. The minimum atomic E-state index is -3.72. The normalized spacial score (nSPS) is 15.5. The van der Waals surface area contributed by atoms with Gasteiger partial charge in [0.1, 0.15) is 0 Å². The second-order valence-corrected chi connectivity index (χ2v) is 9.83. The Bertz CT molecular complexity index is 1080. The second kappa shape index (κ2) is 9.80. The van der Waals surface area contributed by atoms with Gasteiger partial charge in [0, 0.05) is 18.8 Å². The fraction of sp³-hybridized carbons (Fsp3) is 0.364. The molecule has 7 nitrogen and oxygen atoms in total. The Morgan fingerprint density at radius 2 is 1.87 bits per heavy atom. The van der Waals surface area contributed by atoms with Crippen molar-refractivity contribution in [2.24, 2.45) is 5.92 Å². The van der Waals surface area contributed by atoms with Crippen molar-refractivity contribution in [2.45, 2.75) is 31.6 Å². The van der Waals surface area contributed by atoms with E-state index in [0.29, 0.717) is 30.3 Å². The quantitative estimate of drug-likeness (QED) is 0.647. The predicted octanol–water partition coefficient (Wildman–Crippen LogP) is 4.19. The lowest BCUT2D eigenvalue weighted by molar-refractivity contribution is 0.0526. The van der Waals surface area contributed by atoms with Crippen molar-refractivity contribution in [3.63, 3.8) is 0 Å². The number of carbonyl (C=O) groups is 2. The van der Waals surface area contributed by atoms with Crippen LogP contribution in [0.4, 0.5) is 5.69 Å². The number of esters is 1. The molecule has 0 saturated carbocycles. The Hall–Kier alpha value is -2.42. The van der Waals surface area contributed by atoms with Gasteiger partial charge in [-0.05, 0) is 62.1 Å². The Morgan fingerprint density at radius 3 is 2.55 bits per heavy atom. The zero-order chi connectivity index (χ0) is 22.6. The summed E-state index contributed by atoms with van der Waals surface area (Å²) in [7, 11) is -3.72. The van der Waals surface area contributed by atoms with E-state index in [-0.39, 0.29) is 22.1 Å².